The molecular weight excluding hydrogens is 402 g/mol. The van der Waals surface area contributed by atoms with Crippen LogP contribution in [0.15, 0.2) is 43.5 Å². The third-order valence-corrected chi connectivity index (χ3v) is 7.11. The summed E-state index contributed by atoms with van der Waals surface area (Å²) in [6, 6.07) is 1.81. The van der Waals surface area contributed by atoms with E-state index in [0.717, 1.165) is 67.5 Å². The van der Waals surface area contributed by atoms with Crippen LogP contribution in [0.25, 0.3) is 28.0 Å². The second-order valence-electron chi connectivity index (χ2n) is 8.78. The van der Waals surface area contributed by atoms with Crippen LogP contribution in [0.3, 0.4) is 0 Å². The first-order valence-electron chi connectivity index (χ1n) is 11.0. The number of carbonyl (C=O) groups excluding carboxylic acids is 1. The molecule has 1 saturated heterocycles. The molecule has 1 fully saturated rings. The molecule has 1 spiro atoms. The van der Waals surface area contributed by atoms with Gasteiger partial charge in [0.1, 0.15) is 17.8 Å². The molecule has 0 atom stereocenters. The van der Waals surface area contributed by atoms with E-state index in [1.165, 1.54) is 18.0 Å². The minimum atomic E-state index is 0.0357. The Morgan fingerprint density at radius 3 is 2.56 bits per heavy atom. The van der Waals surface area contributed by atoms with E-state index in [-0.39, 0.29) is 11.3 Å². The van der Waals surface area contributed by atoms with Crippen molar-refractivity contribution in [2.45, 2.75) is 32.1 Å². The van der Waals surface area contributed by atoms with Crippen molar-refractivity contribution in [2.75, 3.05) is 18.8 Å². The molecule has 0 unspecified atom stereocenters. The van der Waals surface area contributed by atoms with Crippen LogP contribution in [0.2, 0.25) is 0 Å². The molecule has 1 aliphatic carbocycles. The van der Waals surface area contributed by atoms with Crippen molar-refractivity contribution in [1.82, 2.24) is 29.4 Å². The maximum Gasteiger partial charge on any atom is 0.245 e. The monoisotopic (exact) mass is 429 g/mol. The van der Waals surface area contributed by atoms with Gasteiger partial charge in [0.2, 0.25) is 5.91 Å². The summed E-state index contributed by atoms with van der Waals surface area (Å²) in [6.45, 7) is 5.22. The van der Waals surface area contributed by atoms with Crippen molar-refractivity contribution in [3.8, 4) is 11.4 Å². The molecule has 0 saturated carbocycles. The Bertz CT molecular complexity index is 1220. The Morgan fingerprint density at radius 2 is 1.91 bits per heavy atom. The van der Waals surface area contributed by atoms with Gasteiger partial charge in [-0.3, -0.25) is 4.79 Å². The van der Waals surface area contributed by atoms with E-state index in [2.05, 4.69) is 37.2 Å². The van der Waals surface area contributed by atoms with Crippen LogP contribution in [0.5, 0.6) is 0 Å². The number of rotatable bonds is 3. The van der Waals surface area contributed by atoms with E-state index in [4.69, 9.17) is 5.73 Å². The standard InChI is InChI=1S/C24H27N7O/c1-3-17(32)31-13-9-24(10-14-31)7-5-16(6-8-24)20-18(22-26-11-4-12-27-22)19-21(25)28-15-29-23(19)30(20)2/h3-5,11-12,15H,1,6-10,13-14H2,2H3,(H2,25,28,29). The molecule has 0 radical (unpaired) electrons. The van der Waals surface area contributed by atoms with Crippen LogP contribution in [-0.2, 0) is 11.8 Å². The summed E-state index contributed by atoms with van der Waals surface area (Å²) in [7, 11) is 2.02. The summed E-state index contributed by atoms with van der Waals surface area (Å²) in [4.78, 5) is 31.6. The van der Waals surface area contributed by atoms with Crippen molar-refractivity contribution < 1.29 is 4.79 Å². The van der Waals surface area contributed by atoms with Gasteiger partial charge in [-0.1, -0.05) is 12.7 Å². The number of aromatic nitrogens is 5. The molecule has 8 heteroatoms. The first-order chi connectivity index (χ1) is 15.5. The summed E-state index contributed by atoms with van der Waals surface area (Å²) >= 11 is 0. The smallest absolute Gasteiger partial charge is 0.245 e. The first kappa shape index (κ1) is 20.4. The van der Waals surface area contributed by atoms with Crippen LogP contribution in [-0.4, -0.2) is 48.4 Å². The van der Waals surface area contributed by atoms with Crippen LogP contribution in [0, 0.1) is 5.41 Å². The number of amides is 1. The van der Waals surface area contributed by atoms with Crippen molar-refractivity contribution in [3.05, 3.63) is 49.2 Å². The molecule has 8 nitrogen and oxygen atoms in total. The summed E-state index contributed by atoms with van der Waals surface area (Å²) in [5.41, 5.74) is 10.6. The van der Waals surface area contributed by atoms with Crippen LogP contribution < -0.4 is 5.73 Å². The normalized spacial score (nSPS) is 18.0. The van der Waals surface area contributed by atoms with Crippen molar-refractivity contribution >= 4 is 28.3 Å². The Morgan fingerprint density at radius 1 is 1.16 bits per heavy atom. The number of nitrogens with zero attached hydrogens (tertiary/aromatic N) is 6. The lowest BCUT2D eigenvalue weighted by Gasteiger charge is -2.43. The number of aryl methyl sites for hydroxylation is 1. The molecule has 2 N–H and O–H groups in total. The predicted octanol–water partition coefficient (Wildman–Crippen LogP) is 3.37. The third-order valence-electron chi connectivity index (χ3n) is 7.11. The zero-order valence-corrected chi connectivity index (χ0v) is 18.3. The van der Waals surface area contributed by atoms with Gasteiger partial charge in [0.25, 0.3) is 0 Å². The topological polar surface area (TPSA) is 103 Å². The zero-order chi connectivity index (χ0) is 22.3. The number of nitrogens with two attached hydrogens (primary N) is 1. The molecule has 164 valence electrons. The summed E-state index contributed by atoms with van der Waals surface area (Å²) < 4.78 is 2.09. The van der Waals surface area contributed by atoms with Crippen molar-refractivity contribution in [2.24, 2.45) is 12.5 Å². The predicted molar refractivity (Wildman–Crippen MR) is 124 cm³/mol. The van der Waals surface area contributed by atoms with Gasteiger partial charge in [0.15, 0.2) is 5.82 Å². The number of piperidine rings is 1. The van der Waals surface area contributed by atoms with Gasteiger partial charge in [-0.15, -0.1) is 0 Å². The fourth-order valence-corrected chi connectivity index (χ4v) is 5.24. The minimum Gasteiger partial charge on any atom is -0.383 e. The van der Waals surface area contributed by atoms with Gasteiger partial charge in [-0.05, 0) is 55.2 Å². The Labute approximate surface area is 186 Å². The number of hydrogen-bond donors (Lipinski definition) is 1. The van der Waals surface area contributed by atoms with E-state index in [1.54, 1.807) is 18.5 Å². The molecule has 1 aliphatic heterocycles. The quantitative estimate of drug-likeness (QED) is 0.641. The van der Waals surface area contributed by atoms with Crippen molar-refractivity contribution in [3.63, 3.8) is 0 Å². The molecule has 3 aromatic rings. The summed E-state index contributed by atoms with van der Waals surface area (Å²) in [5.74, 6) is 1.10. The lowest BCUT2D eigenvalue weighted by atomic mass is 9.68. The molecule has 32 heavy (non-hydrogen) atoms. The SMILES string of the molecule is C=CC(=O)N1CCC2(CC=C(c3c(-c4ncccn4)c4c(N)ncnc4n3C)CC2)CC1. The second kappa shape index (κ2) is 7.85. The zero-order valence-electron chi connectivity index (χ0n) is 18.3. The molecule has 4 heterocycles. The number of allylic oxidation sites excluding steroid dienone is 2. The lowest BCUT2D eigenvalue weighted by molar-refractivity contribution is -0.128. The Kier molecular flexibility index (Phi) is 5.00. The summed E-state index contributed by atoms with van der Waals surface area (Å²) in [6.07, 6.45) is 13.9. The molecule has 3 aromatic heterocycles. The third kappa shape index (κ3) is 3.26. The lowest BCUT2D eigenvalue weighted by Crippen LogP contribution is -2.43. The Hall–Kier alpha value is -3.55. The largest absolute Gasteiger partial charge is 0.383 e. The van der Waals surface area contributed by atoms with Gasteiger partial charge in [-0.25, -0.2) is 19.9 Å². The fraction of sp³-hybridized carbons (Fsp3) is 0.375. The highest BCUT2D eigenvalue weighted by Gasteiger charge is 2.37. The average molecular weight is 430 g/mol. The molecule has 0 bridgehead atoms. The Balaban J connectivity index is 1.53. The maximum atomic E-state index is 12.0. The van der Waals surface area contributed by atoms with E-state index < -0.39 is 0 Å². The first-order valence-corrected chi connectivity index (χ1v) is 11.0. The number of hydrogen-bond acceptors (Lipinski definition) is 6. The highest BCUT2D eigenvalue weighted by atomic mass is 16.2. The van der Waals surface area contributed by atoms with E-state index in [0.29, 0.717) is 11.6 Å². The van der Waals surface area contributed by atoms with Gasteiger partial charge >= 0.3 is 0 Å². The number of nitrogen functional groups attached to an aromatic ring is 1. The number of carbonyl (C=O) groups is 1. The molecular formula is C24H27N7O. The van der Waals surface area contributed by atoms with Gasteiger partial charge in [0, 0.05) is 32.5 Å². The molecule has 0 aromatic carbocycles. The highest BCUT2D eigenvalue weighted by molar-refractivity contribution is 6.04. The average Bonchev–Trinajstić information content (AvgIpc) is 3.14. The molecule has 1 amide bonds. The van der Waals surface area contributed by atoms with Crippen LogP contribution in [0.1, 0.15) is 37.8 Å². The minimum absolute atomic E-state index is 0.0357. The van der Waals surface area contributed by atoms with E-state index >= 15 is 0 Å². The van der Waals surface area contributed by atoms with Crippen LogP contribution in [0.4, 0.5) is 5.82 Å². The van der Waals surface area contributed by atoms with Gasteiger partial charge < -0.3 is 15.2 Å². The van der Waals surface area contributed by atoms with Gasteiger partial charge in [0.05, 0.1) is 16.6 Å². The molecule has 5 rings (SSSR count). The fourth-order valence-electron chi connectivity index (χ4n) is 5.24. The number of likely N-dealkylation sites (tertiary alicyclic amines) is 1. The maximum absolute atomic E-state index is 12.0. The number of fused-ring (bicyclic) bond motifs is 1. The second-order valence-corrected chi connectivity index (χ2v) is 8.78. The number of anilines is 1. The van der Waals surface area contributed by atoms with Gasteiger partial charge in [-0.2, -0.15) is 0 Å². The van der Waals surface area contributed by atoms with E-state index in [1.807, 2.05) is 11.9 Å². The van der Waals surface area contributed by atoms with Crippen molar-refractivity contribution in [1.29, 1.82) is 0 Å². The highest BCUT2D eigenvalue weighted by Crippen LogP contribution is 2.48. The summed E-state index contributed by atoms with van der Waals surface area (Å²) in [5, 5.41) is 0.800. The molecule has 2 aliphatic rings. The van der Waals surface area contributed by atoms with Crippen LogP contribution >= 0.6 is 0 Å². The van der Waals surface area contributed by atoms with E-state index in [9.17, 15) is 4.79 Å².